The fourth-order valence-electron chi connectivity index (χ4n) is 3.27. The molecule has 0 N–H and O–H groups in total. The second-order valence-corrected chi connectivity index (χ2v) is 5.58. The molecule has 0 aromatic heterocycles. The molecule has 0 aromatic carbocycles. The first-order chi connectivity index (χ1) is 6.07. The third kappa shape index (κ3) is 1.71. The van der Waals surface area contributed by atoms with Gasteiger partial charge in [0, 0.05) is 17.6 Å². The molecule has 0 radical (unpaired) electrons. The second-order valence-electron chi connectivity index (χ2n) is 5.58. The number of hydrogen-bond acceptors (Lipinski definition) is 1. The van der Waals surface area contributed by atoms with Crippen molar-refractivity contribution in [3.05, 3.63) is 0 Å². The average molecular weight is 197 g/mol. The van der Waals surface area contributed by atoms with Crippen LogP contribution >= 0.6 is 0 Å². The third-order valence-electron chi connectivity index (χ3n) is 3.96. The molecule has 2 aliphatic rings. The maximum Gasteiger partial charge on any atom is 0.0217 e. The molecule has 0 bridgehead atoms. The van der Waals surface area contributed by atoms with Gasteiger partial charge in [0.2, 0.25) is 0 Å². The van der Waals surface area contributed by atoms with Gasteiger partial charge in [0.05, 0.1) is 0 Å². The van der Waals surface area contributed by atoms with Crippen molar-refractivity contribution in [3.63, 3.8) is 0 Å². The van der Waals surface area contributed by atoms with Gasteiger partial charge in [-0.3, -0.25) is 4.90 Å². The normalized spacial score (nSPS) is 30.0. The van der Waals surface area contributed by atoms with Crippen LogP contribution in [0.4, 0.5) is 0 Å². The Morgan fingerprint density at radius 2 is 1.64 bits per heavy atom. The Morgan fingerprint density at radius 3 is 2.00 bits per heavy atom. The van der Waals surface area contributed by atoms with Crippen molar-refractivity contribution in [1.29, 1.82) is 0 Å². The van der Waals surface area contributed by atoms with Crippen LogP contribution in [0.15, 0.2) is 0 Å². The predicted octanol–water partition coefficient (Wildman–Crippen LogP) is 3.68. The zero-order chi connectivity index (χ0) is 9.64. The molecule has 1 heterocycles. The van der Waals surface area contributed by atoms with Crippen LogP contribution in [0.3, 0.4) is 0 Å². The van der Waals surface area contributed by atoms with E-state index in [2.05, 4.69) is 32.6 Å². The van der Waals surface area contributed by atoms with Gasteiger partial charge in [-0.05, 0) is 45.4 Å². The number of hydrogen-bond donors (Lipinski definition) is 0. The van der Waals surface area contributed by atoms with Gasteiger partial charge in [-0.2, -0.15) is 0 Å². The molecule has 1 atom stereocenters. The fourth-order valence-corrected chi connectivity index (χ4v) is 3.27. The van der Waals surface area contributed by atoms with Crippen molar-refractivity contribution in [2.45, 2.75) is 78.4 Å². The van der Waals surface area contributed by atoms with E-state index < -0.39 is 0 Å². The van der Waals surface area contributed by atoms with Gasteiger partial charge in [0.15, 0.2) is 0 Å². The lowest BCUT2D eigenvalue weighted by Crippen LogP contribution is -2.44. The van der Waals surface area contributed by atoms with Crippen LogP contribution in [0, 0.1) is 5.92 Å². The highest BCUT2D eigenvalue weighted by Gasteiger charge is 2.55. The first-order valence-corrected chi connectivity index (χ1v) is 5.85. The Bertz CT molecular complexity index is 191. The Hall–Kier alpha value is -0.0400. The summed E-state index contributed by atoms with van der Waals surface area (Å²) in [5, 5.41) is 0. The maximum absolute atomic E-state index is 2.82. The lowest BCUT2D eigenvalue weighted by molar-refractivity contribution is 0.107. The molecule has 1 heteroatoms. The zero-order valence-corrected chi connectivity index (χ0v) is 9.51. The first-order valence-electron chi connectivity index (χ1n) is 5.85. The summed E-state index contributed by atoms with van der Waals surface area (Å²) in [6.07, 6.45) is 5.84. The summed E-state index contributed by atoms with van der Waals surface area (Å²) >= 11 is 0. The van der Waals surface area contributed by atoms with E-state index in [1.807, 2.05) is 0 Å². The fraction of sp³-hybridized carbons (Fsp3) is 1.00. The molecule has 1 aliphatic carbocycles. The van der Waals surface area contributed by atoms with Crippen molar-refractivity contribution in [3.8, 4) is 0 Å². The first kappa shape index (κ1) is 12.0. The van der Waals surface area contributed by atoms with E-state index in [1.54, 1.807) is 0 Å². The van der Waals surface area contributed by atoms with Crippen molar-refractivity contribution in [2.24, 2.45) is 5.92 Å². The molecule has 1 saturated heterocycles. The summed E-state index contributed by atoms with van der Waals surface area (Å²) in [6.45, 7) is 9.48. The highest BCUT2D eigenvalue weighted by atomic mass is 15.3. The lowest BCUT2D eigenvalue weighted by atomic mass is 10.0. The Kier molecular flexibility index (Phi) is 3.30. The van der Waals surface area contributed by atoms with Gasteiger partial charge in [-0.1, -0.05) is 21.3 Å². The Balaban J connectivity index is 0.000000980. The van der Waals surface area contributed by atoms with Crippen molar-refractivity contribution < 1.29 is 0 Å². The molecule has 14 heavy (non-hydrogen) atoms. The summed E-state index contributed by atoms with van der Waals surface area (Å²) in [7, 11) is 0. The van der Waals surface area contributed by atoms with Crippen LogP contribution in [0.25, 0.3) is 0 Å². The summed E-state index contributed by atoms with van der Waals surface area (Å²) in [5.74, 6) is 0.836. The predicted molar refractivity (Wildman–Crippen MR) is 63.5 cm³/mol. The molecular formula is C13H27N. The molecule has 0 aromatic rings. The van der Waals surface area contributed by atoms with E-state index in [0.717, 1.165) is 18.0 Å². The highest BCUT2D eigenvalue weighted by molar-refractivity contribution is 5.11. The van der Waals surface area contributed by atoms with Gasteiger partial charge in [0.25, 0.3) is 0 Å². The number of nitrogens with zero attached hydrogens (tertiary/aromatic N) is 1. The lowest BCUT2D eigenvalue weighted by Gasteiger charge is -2.36. The average Bonchev–Trinajstić information content (AvgIpc) is 2.61. The second kappa shape index (κ2) is 3.84. The molecule has 0 unspecified atom stereocenters. The molecule has 1 spiro atoms. The maximum atomic E-state index is 2.82. The number of rotatable bonds is 2. The smallest absolute Gasteiger partial charge is 0.0217 e. The minimum Gasteiger partial charge on any atom is -0.292 e. The minimum absolute atomic E-state index is 0. The topological polar surface area (TPSA) is 3.24 Å². The molecule has 1 nitrogen and oxygen atoms in total. The van der Waals surface area contributed by atoms with Gasteiger partial charge < -0.3 is 0 Å². The van der Waals surface area contributed by atoms with E-state index in [4.69, 9.17) is 0 Å². The molecular weight excluding hydrogens is 170 g/mol. The van der Waals surface area contributed by atoms with Crippen molar-refractivity contribution in [2.75, 3.05) is 0 Å². The third-order valence-corrected chi connectivity index (χ3v) is 3.96. The molecule has 1 aliphatic heterocycles. The molecule has 0 amide bonds. The van der Waals surface area contributed by atoms with Crippen LogP contribution in [-0.2, 0) is 0 Å². The SMILES string of the molecule is C.CC(C)[C@@H]1CCC2(CC2)N1C(C)C. The summed E-state index contributed by atoms with van der Waals surface area (Å²) in [6, 6.07) is 1.61. The highest BCUT2D eigenvalue weighted by Crippen LogP contribution is 2.53. The van der Waals surface area contributed by atoms with Crippen LogP contribution in [-0.4, -0.2) is 22.5 Å². The minimum atomic E-state index is 0. The van der Waals surface area contributed by atoms with E-state index in [1.165, 1.54) is 25.7 Å². The summed E-state index contributed by atoms with van der Waals surface area (Å²) in [5.41, 5.74) is 0.670. The van der Waals surface area contributed by atoms with E-state index in [0.29, 0.717) is 5.54 Å². The van der Waals surface area contributed by atoms with Crippen molar-refractivity contribution >= 4 is 0 Å². The molecule has 2 fully saturated rings. The van der Waals surface area contributed by atoms with Crippen LogP contribution in [0.2, 0.25) is 0 Å². The zero-order valence-electron chi connectivity index (χ0n) is 9.51. The molecule has 1 saturated carbocycles. The standard InChI is InChI=1S/C12H23N.CH4/c1-9(2)11-5-6-12(7-8-12)13(11)10(3)4;/h9-11H,5-8H2,1-4H3;1H4/t11-;/m0./s1. The van der Waals surface area contributed by atoms with Crippen LogP contribution in [0.5, 0.6) is 0 Å². The van der Waals surface area contributed by atoms with Crippen LogP contribution in [0.1, 0.15) is 60.8 Å². The quantitative estimate of drug-likeness (QED) is 0.652. The summed E-state index contributed by atoms with van der Waals surface area (Å²) in [4.78, 5) is 2.82. The van der Waals surface area contributed by atoms with Gasteiger partial charge in [-0.15, -0.1) is 0 Å². The monoisotopic (exact) mass is 197 g/mol. The largest absolute Gasteiger partial charge is 0.292 e. The molecule has 2 rings (SSSR count). The van der Waals surface area contributed by atoms with Crippen LogP contribution < -0.4 is 0 Å². The van der Waals surface area contributed by atoms with Gasteiger partial charge in [-0.25, -0.2) is 0 Å². The van der Waals surface area contributed by atoms with Gasteiger partial charge >= 0.3 is 0 Å². The number of likely N-dealkylation sites (tertiary alicyclic amines) is 1. The Labute approximate surface area is 89.9 Å². The Morgan fingerprint density at radius 1 is 1.07 bits per heavy atom. The molecule has 84 valence electrons. The van der Waals surface area contributed by atoms with Crippen molar-refractivity contribution in [1.82, 2.24) is 4.90 Å². The van der Waals surface area contributed by atoms with E-state index >= 15 is 0 Å². The summed E-state index contributed by atoms with van der Waals surface area (Å²) < 4.78 is 0. The van der Waals surface area contributed by atoms with E-state index in [9.17, 15) is 0 Å². The van der Waals surface area contributed by atoms with Gasteiger partial charge in [0.1, 0.15) is 0 Å². The van der Waals surface area contributed by atoms with E-state index in [-0.39, 0.29) is 7.43 Å².